The molecule has 1 fully saturated rings. The maximum absolute atomic E-state index is 6.19. The lowest BCUT2D eigenvalue weighted by Gasteiger charge is -2.35. The summed E-state index contributed by atoms with van der Waals surface area (Å²) in [5.41, 5.74) is 2.47. The van der Waals surface area contributed by atoms with Gasteiger partial charge in [-0.1, -0.05) is 17.7 Å². The minimum absolute atomic E-state index is 0.214. The topological polar surface area (TPSA) is 3.24 Å². The lowest BCUT2D eigenvalue weighted by Crippen LogP contribution is -2.38. The van der Waals surface area contributed by atoms with E-state index in [1.807, 2.05) is 12.1 Å². The minimum atomic E-state index is 0.214. The van der Waals surface area contributed by atoms with Gasteiger partial charge in [-0.15, -0.1) is 11.6 Å². The Bertz CT molecular complexity index is 388. The minimum Gasteiger partial charge on any atom is -0.366 e. The summed E-state index contributed by atoms with van der Waals surface area (Å²) in [6.07, 6.45) is 2.46. The highest BCUT2D eigenvalue weighted by atomic mass is 35.5. The fourth-order valence-electron chi connectivity index (χ4n) is 2.49. The molecule has 1 saturated heterocycles. The first-order valence-corrected chi connectivity index (χ1v) is 6.58. The van der Waals surface area contributed by atoms with Gasteiger partial charge in [0.25, 0.3) is 0 Å². The van der Waals surface area contributed by atoms with Crippen molar-refractivity contribution in [2.24, 2.45) is 0 Å². The Morgan fingerprint density at radius 3 is 2.69 bits per heavy atom. The second-order valence-corrected chi connectivity index (χ2v) is 5.61. The van der Waals surface area contributed by atoms with E-state index < -0.39 is 0 Å². The Hall–Kier alpha value is -0.400. The molecule has 2 rings (SSSR count). The van der Waals surface area contributed by atoms with Crippen LogP contribution < -0.4 is 4.90 Å². The van der Waals surface area contributed by atoms with Gasteiger partial charge in [-0.2, -0.15) is 0 Å². The molecule has 1 nitrogen and oxygen atoms in total. The van der Waals surface area contributed by atoms with Crippen molar-refractivity contribution in [2.45, 2.75) is 38.1 Å². The summed E-state index contributed by atoms with van der Waals surface area (Å²) < 4.78 is 0. The standard InChI is InChI=1S/C13H17Cl2N/c1-13(2)7-4-8-16(13)12-6-3-5-11(15)10(12)9-14/h3,5-6H,4,7-9H2,1-2H3. The van der Waals surface area contributed by atoms with Crippen molar-refractivity contribution in [1.29, 1.82) is 0 Å². The number of rotatable bonds is 2. The van der Waals surface area contributed by atoms with Crippen LogP contribution in [0.15, 0.2) is 18.2 Å². The number of halogens is 2. The fraction of sp³-hybridized carbons (Fsp3) is 0.538. The van der Waals surface area contributed by atoms with Crippen LogP contribution >= 0.6 is 23.2 Å². The molecule has 0 unspecified atom stereocenters. The van der Waals surface area contributed by atoms with E-state index in [4.69, 9.17) is 23.2 Å². The van der Waals surface area contributed by atoms with Crippen LogP contribution in [-0.2, 0) is 5.88 Å². The van der Waals surface area contributed by atoms with Gasteiger partial charge < -0.3 is 4.90 Å². The van der Waals surface area contributed by atoms with Crippen LogP contribution in [0.4, 0.5) is 5.69 Å². The summed E-state index contributed by atoms with van der Waals surface area (Å²) in [6.45, 7) is 5.65. The van der Waals surface area contributed by atoms with Crippen LogP contribution in [0.5, 0.6) is 0 Å². The zero-order chi connectivity index (χ0) is 11.8. The van der Waals surface area contributed by atoms with Gasteiger partial charge in [0.1, 0.15) is 0 Å². The summed E-state index contributed by atoms with van der Waals surface area (Å²) in [7, 11) is 0. The van der Waals surface area contributed by atoms with E-state index in [0.29, 0.717) is 5.88 Å². The zero-order valence-electron chi connectivity index (χ0n) is 9.76. The van der Waals surface area contributed by atoms with Crippen molar-refractivity contribution < 1.29 is 0 Å². The molecule has 1 aromatic carbocycles. The molecule has 1 aliphatic heterocycles. The van der Waals surface area contributed by atoms with E-state index >= 15 is 0 Å². The van der Waals surface area contributed by atoms with Crippen molar-refractivity contribution >= 4 is 28.9 Å². The third kappa shape index (κ3) is 2.03. The fourth-order valence-corrected chi connectivity index (χ4v) is 3.07. The highest BCUT2D eigenvalue weighted by Gasteiger charge is 2.33. The monoisotopic (exact) mass is 257 g/mol. The van der Waals surface area contributed by atoms with Gasteiger partial charge in [0.2, 0.25) is 0 Å². The lowest BCUT2D eigenvalue weighted by molar-refractivity contribution is 0.517. The van der Waals surface area contributed by atoms with Crippen molar-refractivity contribution in [1.82, 2.24) is 0 Å². The number of alkyl halides is 1. The SMILES string of the molecule is CC1(C)CCCN1c1cccc(Cl)c1CCl. The number of benzene rings is 1. The van der Waals surface area contributed by atoms with E-state index in [-0.39, 0.29) is 5.54 Å². The highest BCUT2D eigenvalue weighted by Crippen LogP contribution is 2.38. The second kappa shape index (κ2) is 4.46. The molecule has 0 atom stereocenters. The molecule has 0 bridgehead atoms. The van der Waals surface area contributed by atoms with Gasteiger partial charge in [0, 0.05) is 28.4 Å². The molecule has 1 heterocycles. The van der Waals surface area contributed by atoms with Crippen LogP contribution in [0.1, 0.15) is 32.3 Å². The van der Waals surface area contributed by atoms with Gasteiger partial charge in [-0.05, 0) is 38.8 Å². The largest absolute Gasteiger partial charge is 0.366 e. The molecule has 16 heavy (non-hydrogen) atoms. The van der Waals surface area contributed by atoms with E-state index in [1.54, 1.807) is 0 Å². The van der Waals surface area contributed by atoms with Crippen LogP contribution in [0, 0.1) is 0 Å². The lowest BCUT2D eigenvalue weighted by atomic mass is 10.0. The number of hydrogen-bond acceptors (Lipinski definition) is 1. The molecular formula is C13H17Cl2N. The van der Waals surface area contributed by atoms with Crippen LogP contribution in [0.25, 0.3) is 0 Å². The molecule has 0 N–H and O–H groups in total. The van der Waals surface area contributed by atoms with Gasteiger partial charge in [-0.25, -0.2) is 0 Å². The normalized spacial score (nSPS) is 19.1. The maximum Gasteiger partial charge on any atom is 0.0509 e. The average molecular weight is 258 g/mol. The van der Waals surface area contributed by atoms with Crippen molar-refractivity contribution in [2.75, 3.05) is 11.4 Å². The van der Waals surface area contributed by atoms with Gasteiger partial charge in [0.15, 0.2) is 0 Å². The average Bonchev–Trinajstić information content (AvgIpc) is 2.57. The van der Waals surface area contributed by atoms with Crippen LogP contribution in [0.2, 0.25) is 5.02 Å². The molecular weight excluding hydrogens is 241 g/mol. The first kappa shape index (κ1) is 12.1. The predicted octanol–water partition coefficient (Wildman–Crippen LogP) is 4.46. The van der Waals surface area contributed by atoms with Gasteiger partial charge in [-0.3, -0.25) is 0 Å². The second-order valence-electron chi connectivity index (χ2n) is 4.94. The Morgan fingerprint density at radius 2 is 2.12 bits per heavy atom. The Kier molecular flexibility index (Phi) is 3.37. The molecule has 0 spiro atoms. The van der Waals surface area contributed by atoms with Crippen molar-refractivity contribution in [3.63, 3.8) is 0 Å². The van der Waals surface area contributed by atoms with Gasteiger partial charge >= 0.3 is 0 Å². The summed E-state index contributed by atoms with van der Waals surface area (Å²) in [6, 6.07) is 6.03. The number of hydrogen-bond donors (Lipinski definition) is 0. The summed E-state index contributed by atoms with van der Waals surface area (Å²) >= 11 is 12.2. The Morgan fingerprint density at radius 1 is 1.38 bits per heavy atom. The third-order valence-electron chi connectivity index (χ3n) is 3.42. The van der Waals surface area contributed by atoms with E-state index in [1.165, 1.54) is 18.5 Å². The first-order valence-electron chi connectivity index (χ1n) is 5.67. The number of anilines is 1. The molecule has 1 aliphatic rings. The van der Waals surface area contributed by atoms with Gasteiger partial charge in [0.05, 0.1) is 5.88 Å². The first-order chi connectivity index (χ1) is 7.56. The molecule has 0 aromatic heterocycles. The zero-order valence-corrected chi connectivity index (χ0v) is 11.3. The molecule has 0 amide bonds. The van der Waals surface area contributed by atoms with E-state index in [0.717, 1.165) is 17.1 Å². The molecule has 1 aromatic rings. The number of nitrogens with zero attached hydrogens (tertiary/aromatic N) is 1. The third-order valence-corrected chi connectivity index (χ3v) is 4.04. The highest BCUT2D eigenvalue weighted by molar-refractivity contribution is 6.32. The summed E-state index contributed by atoms with van der Waals surface area (Å²) in [5.74, 6) is 0.474. The Labute approximate surface area is 107 Å². The molecule has 0 radical (unpaired) electrons. The predicted molar refractivity (Wildman–Crippen MR) is 71.7 cm³/mol. The maximum atomic E-state index is 6.19. The quantitative estimate of drug-likeness (QED) is 0.708. The van der Waals surface area contributed by atoms with Crippen LogP contribution in [0.3, 0.4) is 0 Å². The molecule has 0 saturated carbocycles. The molecule has 88 valence electrons. The Balaban J connectivity index is 2.44. The van der Waals surface area contributed by atoms with E-state index in [9.17, 15) is 0 Å². The summed E-state index contributed by atoms with van der Waals surface area (Å²) in [5, 5.41) is 0.773. The summed E-state index contributed by atoms with van der Waals surface area (Å²) in [4.78, 5) is 2.43. The van der Waals surface area contributed by atoms with Crippen molar-refractivity contribution in [3.05, 3.63) is 28.8 Å². The smallest absolute Gasteiger partial charge is 0.0509 e. The molecule has 0 aliphatic carbocycles. The molecule has 3 heteroatoms. The van der Waals surface area contributed by atoms with Crippen LogP contribution in [-0.4, -0.2) is 12.1 Å². The van der Waals surface area contributed by atoms with Crippen molar-refractivity contribution in [3.8, 4) is 0 Å². The van der Waals surface area contributed by atoms with E-state index in [2.05, 4.69) is 24.8 Å².